The molecule has 0 aliphatic rings. The van der Waals surface area contributed by atoms with Gasteiger partial charge in [-0.15, -0.1) is 0 Å². The number of ether oxygens (including phenoxy) is 1. The monoisotopic (exact) mass is 831 g/mol. The van der Waals surface area contributed by atoms with Gasteiger partial charge in [0.2, 0.25) is 0 Å². The molecule has 0 heterocycles. The Labute approximate surface area is 245 Å². The maximum absolute atomic E-state index is 12.9. The van der Waals surface area contributed by atoms with Crippen LogP contribution in [0.1, 0.15) is 11.1 Å². The van der Waals surface area contributed by atoms with Crippen LogP contribution in [0.25, 0.3) is 0 Å². The van der Waals surface area contributed by atoms with E-state index < -0.39 is 42.6 Å². The molecule has 0 aliphatic carbocycles. The molecule has 3 rings (SSSR count). The van der Waals surface area contributed by atoms with Crippen LogP contribution in [0.4, 0.5) is 5.69 Å². The van der Waals surface area contributed by atoms with Crippen molar-refractivity contribution in [3.63, 3.8) is 0 Å². The van der Waals surface area contributed by atoms with Crippen LogP contribution in [-0.2, 0) is 16.8 Å². The molecule has 3 aromatic rings. The molecule has 0 spiro atoms. The molecule has 3 aromatic carbocycles. The maximum atomic E-state index is 12.9. The molecule has 188 valence electrons. The minimum absolute atomic E-state index is 0.00304. The highest BCUT2D eigenvalue weighted by Gasteiger charge is 2.71. The number of nitrogens with zero attached hydrogens (tertiary/aromatic N) is 3. The lowest BCUT2D eigenvalue weighted by Crippen LogP contribution is -2.62. The van der Waals surface area contributed by atoms with E-state index >= 15 is 0 Å². The van der Waals surface area contributed by atoms with E-state index in [2.05, 4.69) is 0 Å². The van der Waals surface area contributed by atoms with Crippen LogP contribution in [0.3, 0.4) is 0 Å². The van der Waals surface area contributed by atoms with Crippen molar-refractivity contribution < 1.29 is 29.6 Å². The number of halogens is 3. The summed E-state index contributed by atoms with van der Waals surface area (Å²) in [6, 6.07) is 17.3. The number of benzene rings is 3. The Bertz CT molecular complexity index is 1290. The zero-order valence-corrected chi connectivity index (χ0v) is 24.4. The molecule has 14 heteroatoms. The van der Waals surface area contributed by atoms with Crippen LogP contribution in [0.2, 0.25) is 0 Å². The molecule has 0 aromatic heterocycles. The average Bonchev–Trinajstić information content (AvgIpc) is 2.83. The number of nitro groups is 2. The van der Waals surface area contributed by atoms with Gasteiger partial charge >= 0.3 is 5.97 Å². The third-order valence-electron chi connectivity index (χ3n) is 5.36. The number of carboxylic acids is 1. The number of hydrogen-bond donors (Lipinski definition) is 2. The SMILES string of the molecule is O=C(O)[C@@](I)(N(I)I)C(Cc1ccccc1)(c1ccc(Oc2ccc(O)cc2)cc1[N+](=O)[O-])[N+](=O)[O-]. The Morgan fingerprint density at radius 2 is 1.56 bits per heavy atom. The number of rotatable bonds is 10. The quantitative estimate of drug-likeness (QED) is 0.0623. The van der Waals surface area contributed by atoms with Gasteiger partial charge in [0, 0.05) is 50.7 Å². The highest BCUT2D eigenvalue weighted by molar-refractivity contribution is 14.2. The molecule has 0 radical (unpaired) electrons. The Morgan fingerprint density at radius 3 is 2.06 bits per heavy atom. The van der Waals surface area contributed by atoms with E-state index in [0.717, 1.165) is 13.5 Å². The van der Waals surface area contributed by atoms with Crippen LogP contribution >= 0.6 is 68.3 Å². The minimum Gasteiger partial charge on any atom is -0.508 e. The van der Waals surface area contributed by atoms with E-state index in [0.29, 0.717) is 5.56 Å². The molecule has 0 bridgehead atoms. The van der Waals surface area contributed by atoms with Crippen LogP contribution < -0.4 is 4.74 Å². The first kappa shape index (κ1) is 28.3. The van der Waals surface area contributed by atoms with Crippen molar-refractivity contribution in [2.45, 2.75) is 15.5 Å². The molecule has 11 nitrogen and oxygen atoms in total. The molecule has 0 amide bonds. The lowest BCUT2D eigenvalue weighted by atomic mass is 9.77. The van der Waals surface area contributed by atoms with E-state index in [4.69, 9.17) is 4.74 Å². The zero-order valence-electron chi connectivity index (χ0n) is 18.0. The van der Waals surface area contributed by atoms with Crippen molar-refractivity contribution in [1.29, 1.82) is 0 Å². The summed E-state index contributed by atoms with van der Waals surface area (Å²) in [6.45, 7) is 0. The van der Waals surface area contributed by atoms with Crippen molar-refractivity contribution in [2.24, 2.45) is 0 Å². The number of nitro benzene ring substituents is 1. The first-order valence-electron chi connectivity index (χ1n) is 9.91. The Hall–Kier alpha value is -2.32. The van der Waals surface area contributed by atoms with Gasteiger partial charge in [0.1, 0.15) is 22.8 Å². The average molecular weight is 831 g/mol. The van der Waals surface area contributed by atoms with Gasteiger partial charge in [-0.1, -0.05) is 30.3 Å². The second kappa shape index (κ2) is 11.4. The van der Waals surface area contributed by atoms with Crippen LogP contribution in [0, 0.1) is 20.2 Å². The van der Waals surface area contributed by atoms with E-state index in [1.807, 2.05) is 0 Å². The van der Waals surface area contributed by atoms with Crippen LogP contribution in [-0.4, -0.2) is 30.9 Å². The van der Waals surface area contributed by atoms with Gasteiger partial charge in [-0.2, -0.15) is 1.33 Å². The van der Waals surface area contributed by atoms with Gasteiger partial charge in [-0.05, 0) is 64.6 Å². The highest BCUT2D eigenvalue weighted by Crippen LogP contribution is 2.53. The topological polar surface area (TPSA) is 156 Å². The smallest absolute Gasteiger partial charge is 0.344 e. The molecule has 0 fully saturated rings. The Kier molecular flexibility index (Phi) is 8.93. The summed E-state index contributed by atoms with van der Waals surface area (Å²) < 4.78 is 4.49. The highest BCUT2D eigenvalue weighted by atomic mass is 127. The van der Waals surface area contributed by atoms with Gasteiger partial charge in [0.05, 0.1) is 17.4 Å². The molecular formula is C22H16I3N3O8. The second-order valence-electron chi connectivity index (χ2n) is 7.47. The van der Waals surface area contributed by atoms with E-state index in [1.54, 1.807) is 76.1 Å². The van der Waals surface area contributed by atoms with Crippen molar-refractivity contribution in [2.75, 3.05) is 0 Å². The number of alkyl halides is 1. The lowest BCUT2D eigenvalue weighted by Gasteiger charge is -2.39. The number of phenolic OH excluding ortho intramolecular Hbond substituents is 1. The number of aromatic hydroxyl groups is 1. The van der Waals surface area contributed by atoms with Crippen LogP contribution in [0.15, 0.2) is 72.8 Å². The number of aliphatic carboxylic acids is 1. The van der Waals surface area contributed by atoms with Crippen molar-refractivity contribution in [3.05, 3.63) is 104 Å². The molecule has 36 heavy (non-hydrogen) atoms. The minimum atomic E-state index is -2.50. The molecule has 2 atom stereocenters. The summed E-state index contributed by atoms with van der Waals surface area (Å²) in [5, 5.41) is 44.8. The molecule has 1 unspecified atom stereocenters. The molecule has 0 aliphatic heterocycles. The standard InChI is InChI=1S/C22H16I3N3O8/c23-22(20(30)31,27(24)25)21(28(34)35,13-14-4-2-1-3-5-14)18-11-10-17(12-19(18)26(32)33)36-16-8-6-15(29)7-9-16/h1-12,29H,13H2,(H,30,31)/t21?,22-/m1/s1. The van der Waals surface area contributed by atoms with Crippen molar-refractivity contribution >= 4 is 80.0 Å². The van der Waals surface area contributed by atoms with Gasteiger partial charge in [0.25, 0.3) is 14.8 Å². The number of phenols is 1. The van der Waals surface area contributed by atoms with E-state index in [9.17, 15) is 35.2 Å². The molecule has 0 saturated heterocycles. The second-order valence-corrected chi connectivity index (χ2v) is 12.8. The Morgan fingerprint density at radius 1 is 0.972 bits per heavy atom. The van der Waals surface area contributed by atoms with Gasteiger partial charge in [-0.3, -0.25) is 20.2 Å². The summed E-state index contributed by atoms with van der Waals surface area (Å²) in [4.78, 5) is 36.1. The molecular weight excluding hydrogens is 815 g/mol. The first-order chi connectivity index (χ1) is 16.9. The summed E-state index contributed by atoms with van der Waals surface area (Å²) >= 11 is 4.74. The summed E-state index contributed by atoms with van der Waals surface area (Å²) in [5.41, 5.74) is -3.14. The van der Waals surface area contributed by atoms with E-state index in [-0.39, 0.29) is 17.2 Å². The van der Waals surface area contributed by atoms with E-state index in [1.165, 1.54) is 52.9 Å². The van der Waals surface area contributed by atoms with Crippen molar-refractivity contribution in [3.8, 4) is 17.2 Å². The fourth-order valence-corrected chi connectivity index (χ4v) is 5.57. The summed E-state index contributed by atoms with van der Waals surface area (Å²) in [5.74, 6) is -1.28. The largest absolute Gasteiger partial charge is 0.508 e. The first-order valence-corrected chi connectivity index (χ1v) is 12.9. The predicted octanol–water partition coefficient (Wildman–Crippen LogP) is 6.03. The maximum Gasteiger partial charge on any atom is 0.344 e. The third kappa shape index (κ3) is 5.35. The van der Waals surface area contributed by atoms with Gasteiger partial charge < -0.3 is 14.9 Å². The summed E-state index contributed by atoms with van der Waals surface area (Å²) in [6.07, 6.45) is -0.447. The number of carbonyl (C=O) groups is 1. The fraction of sp³-hybridized carbons (Fsp3) is 0.136. The fourth-order valence-electron chi connectivity index (χ4n) is 3.68. The van der Waals surface area contributed by atoms with Gasteiger partial charge in [0.15, 0.2) is 0 Å². The zero-order chi connectivity index (χ0) is 26.7. The van der Waals surface area contributed by atoms with Crippen molar-refractivity contribution in [1.82, 2.24) is 1.33 Å². The Balaban J connectivity index is 2.30. The normalized spacial score (nSPS) is 14.4. The van der Waals surface area contributed by atoms with Crippen LogP contribution in [0.5, 0.6) is 17.2 Å². The van der Waals surface area contributed by atoms with Gasteiger partial charge in [-0.25, -0.2) is 4.79 Å². The number of hydrogen-bond acceptors (Lipinski definition) is 8. The predicted molar refractivity (Wildman–Crippen MR) is 154 cm³/mol. The lowest BCUT2D eigenvalue weighted by molar-refractivity contribution is -0.585. The third-order valence-corrected chi connectivity index (χ3v) is 10.5. The molecule has 2 N–H and O–H groups in total. The number of carboxylic acid groups (broad SMARTS) is 1. The summed E-state index contributed by atoms with van der Waals surface area (Å²) in [7, 11) is 0. The molecule has 0 saturated carbocycles.